The van der Waals surface area contributed by atoms with E-state index in [1.807, 2.05) is 37.3 Å². The third kappa shape index (κ3) is 4.19. The summed E-state index contributed by atoms with van der Waals surface area (Å²) >= 11 is 0. The van der Waals surface area contributed by atoms with Gasteiger partial charge in [0, 0.05) is 18.5 Å². The van der Waals surface area contributed by atoms with E-state index in [4.69, 9.17) is 0 Å². The predicted octanol–water partition coefficient (Wildman–Crippen LogP) is 2.93. The Hall–Kier alpha value is -2.69. The third-order valence-corrected chi connectivity index (χ3v) is 4.20. The van der Waals surface area contributed by atoms with Crippen LogP contribution < -0.4 is 10.7 Å². The van der Waals surface area contributed by atoms with E-state index in [2.05, 4.69) is 33.0 Å². The van der Waals surface area contributed by atoms with Crippen molar-refractivity contribution in [1.82, 2.24) is 10.3 Å². The number of aromatic nitrogens is 1. The summed E-state index contributed by atoms with van der Waals surface area (Å²) in [5, 5.41) is 7.24. The number of carbonyl (C=O) groups excluding carboxylic acids is 1. The van der Waals surface area contributed by atoms with Crippen LogP contribution in [0.15, 0.2) is 53.8 Å². The van der Waals surface area contributed by atoms with E-state index in [1.54, 1.807) is 12.4 Å². The van der Waals surface area contributed by atoms with E-state index in [1.165, 1.54) is 5.56 Å². The molecule has 0 bridgehead atoms. The average Bonchev–Trinajstić information content (AvgIpc) is 3.39. The van der Waals surface area contributed by atoms with Crippen LogP contribution in [-0.4, -0.2) is 23.7 Å². The summed E-state index contributed by atoms with van der Waals surface area (Å²) in [5.41, 5.74) is 5.49. The predicted molar refractivity (Wildman–Crippen MR) is 95.9 cm³/mol. The number of pyridine rings is 1. The molecule has 0 unspecified atom stereocenters. The SMILES string of the molecule is Cc1ccc(NN=CC2(C(=O)NCCc3ccccc3)CC2)cn1. The molecule has 0 spiro atoms. The molecule has 0 aliphatic heterocycles. The maximum absolute atomic E-state index is 12.4. The highest BCUT2D eigenvalue weighted by atomic mass is 16.2. The fraction of sp³-hybridized carbons (Fsp3) is 0.316. The number of rotatable bonds is 7. The standard InChI is InChI=1S/C19H22N4O/c1-15-7-8-17(13-21-15)23-22-14-19(10-11-19)18(24)20-12-9-16-5-3-2-4-6-16/h2-8,13-14,23H,9-12H2,1H3,(H,20,24). The average molecular weight is 322 g/mol. The zero-order valence-electron chi connectivity index (χ0n) is 13.8. The Bertz CT molecular complexity index is 706. The number of hydrazone groups is 1. The fourth-order valence-corrected chi connectivity index (χ4v) is 2.45. The number of hydrogen-bond donors (Lipinski definition) is 2. The van der Waals surface area contributed by atoms with E-state index in [0.717, 1.165) is 30.6 Å². The van der Waals surface area contributed by atoms with Crippen molar-refractivity contribution in [2.45, 2.75) is 26.2 Å². The Morgan fingerprint density at radius 1 is 1.25 bits per heavy atom. The van der Waals surface area contributed by atoms with E-state index in [-0.39, 0.29) is 5.91 Å². The van der Waals surface area contributed by atoms with E-state index in [9.17, 15) is 4.79 Å². The molecule has 2 N–H and O–H groups in total. The first-order chi connectivity index (χ1) is 11.7. The number of hydrogen-bond acceptors (Lipinski definition) is 4. The lowest BCUT2D eigenvalue weighted by molar-refractivity contribution is -0.123. The molecule has 1 saturated carbocycles. The Kier molecular flexibility index (Phi) is 4.89. The van der Waals surface area contributed by atoms with Gasteiger partial charge in [-0.1, -0.05) is 30.3 Å². The van der Waals surface area contributed by atoms with Crippen LogP contribution >= 0.6 is 0 Å². The molecule has 3 rings (SSSR count). The van der Waals surface area contributed by atoms with Crippen LogP contribution in [0.4, 0.5) is 5.69 Å². The second kappa shape index (κ2) is 7.25. The molecule has 0 atom stereocenters. The van der Waals surface area contributed by atoms with Gasteiger partial charge in [-0.05, 0) is 43.9 Å². The summed E-state index contributed by atoms with van der Waals surface area (Å²) in [5.74, 6) is 0.0611. The van der Waals surface area contributed by atoms with Crippen LogP contribution in [0.25, 0.3) is 0 Å². The second-order valence-corrected chi connectivity index (χ2v) is 6.21. The first-order valence-corrected chi connectivity index (χ1v) is 8.23. The zero-order valence-corrected chi connectivity index (χ0v) is 13.8. The van der Waals surface area contributed by atoms with Gasteiger partial charge in [-0.25, -0.2) is 0 Å². The molecule has 1 heterocycles. The first-order valence-electron chi connectivity index (χ1n) is 8.23. The number of amides is 1. The number of nitrogens with zero attached hydrogens (tertiary/aromatic N) is 2. The maximum atomic E-state index is 12.4. The van der Waals surface area contributed by atoms with Crippen LogP contribution in [0.1, 0.15) is 24.1 Å². The van der Waals surface area contributed by atoms with Gasteiger partial charge in [0.25, 0.3) is 0 Å². The second-order valence-electron chi connectivity index (χ2n) is 6.21. The molecule has 1 aliphatic rings. The molecule has 1 aromatic heterocycles. The molecule has 0 saturated heterocycles. The lowest BCUT2D eigenvalue weighted by atomic mass is 10.1. The molecule has 24 heavy (non-hydrogen) atoms. The van der Waals surface area contributed by atoms with Crippen molar-refractivity contribution in [3.8, 4) is 0 Å². The lowest BCUT2D eigenvalue weighted by Crippen LogP contribution is -2.34. The fourth-order valence-electron chi connectivity index (χ4n) is 2.45. The van der Waals surface area contributed by atoms with Crippen molar-refractivity contribution in [1.29, 1.82) is 0 Å². The van der Waals surface area contributed by atoms with E-state index >= 15 is 0 Å². The van der Waals surface area contributed by atoms with Gasteiger partial charge < -0.3 is 5.32 Å². The van der Waals surface area contributed by atoms with Crippen molar-refractivity contribution in [2.24, 2.45) is 10.5 Å². The van der Waals surface area contributed by atoms with Crippen molar-refractivity contribution >= 4 is 17.8 Å². The molecule has 0 radical (unpaired) electrons. The van der Waals surface area contributed by atoms with Crippen LogP contribution in [-0.2, 0) is 11.2 Å². The normalized spacial score (nSPS) is 15.2. The summed E-state index contributed by atoms with van der Waals surface area (Å²) < 4.78 is 0. The Balaban J connectivity index is 1.47. The Morgan fingerprint density at radius 3 is 2.71 bits per heavy atom. The van der Waals surface area contributed by atoms with Crippen molar-refractivity contribution in [2.75, 3.05) is 12.0 Å². The van der Waals surface area contributed by atoms with Gasteiger partial charge in [0.15, 0.2) is 0 Å². The number of nitrogens with one attached hydrogen (secondary N) is 2. The van der Waals surface area contributed by atoms with E-state index in [0.29, 0.717) is 6.54 Å². The van der Waals surface area contributed by atoms with Gasteiger partial charge in [-0.15, -0.1) is 0 Å². The monoisotopic (exact) mass is 322 g/mol. The summed E-state index contributed by atoms with van der Waals surface area (Å²) in [6.07, 6.45) is 5.99. The van der Waals surface area contributed by atoms with Crippen LogP contribution in [0.5, 0.6) is 0 Å². The minimum Gasteiger partial charge on any atom is -0.355 e. The summed E-state index contributed by atoms with van der Waals surface area (Å²) in [4.78, 5) is 16.6. The minimum absolute atomic E-state index is 0.0611. The Morgan fingerprint density at radius 2 is 2.04 bits per heavy atom. The molecule has 2 aromatic rings. The number of anilines is 1. The van der Waals surface area contributed by atoms with Crippen LogP contribution in [0.3, 0.4) is 0 Å². The van der Waals surface area contributed by atoms with Gasteiger partial charge in [-0.3, -0.25) is 15.2 Å². The first kappa shape index (κ1) is 16.2. The smallest absolute Gasteiger partial charge is 0.231 e. The van der Waals surface area contributed by atoms with E-state index < -0.39 is 5.41 Å². The largest absolute Gasteiger partial charge is 0.355 e. The molecule has 124 valence electrons. The third-order valence-electron chi connectivity index (χ3n) is 4.20. The number of aryl methyl sites for hydroxylation is 1. The van der Waals surface area contributed by atoms with Gasteiger partial charge in [0.2, 0.25) is 5.91 Å². The summed E-state index contributed by atoms with van der Waals surface area (Å²) in [6.45, 7) is 2.58. The highest BCUT2D eigenvalue weighted by Gasteiger charge is 2.48. The quantitative estimate of drug-likeness (QED) is 0.608. The lowest BCUT2D eigenvalue weighted by Gasteiger charge is -2.11. The molecule has 1 aliphatic carbocycles. The summed E-state index contributed by atoms with van der Waals surface area (Å²) in [7, 11) is 0. The van der Waals surface area contributed by atoms with Gasteiger partial charge in [0.05, 0.1) is 17.3 Å². The highest BCUT2D eigenvalue weighted by Crippen LogP contribution is 2.44. The van der Waals surface area contributed by atoms with Crippen molar-refractivity contribution in [3.05, 3.63) is 59.9 Å². The Labute approximate surface area is 142 Å². The van der Waals surface area contributed by atoms with Gasteiger partial charge >= 0.3 is 0 Å². The van der Waals surface area contributed by atoms with Gasteiger partial charge in [-0.2, -0.15) is 5.10 Å². The van der Waals surface area contributed by atoms with Gasteiger partial charge in [0.1, 0.15) is 0 Å². The maximum Gasteiger partial charge on any atom is 0.231 e. The molecule has 1 fully saturated rings. The molecule has 1 aromatic carbocycles. The van der Waals surface area contributed by atoms with Crippen molar-refractivity contribution in [3.63, 3.8) is 0 Å². The van der Waals surface area contributed by atoms with Crippen LogP contribution in [0.2, 0.25) is 0 Å². The molecule has 5 heteroatoms. The number of carbonyl (C=O) groups is 1. The summed E-state index contributed by atoms with van der Waals surface area (Å²) in [6, 6.07) is 14.0. The van der Waals surface area contributed by atoms with Crippen LogP contribution in [0, 0.1) is 12.3 Å². The zero-order chi connectivity index (χ0) is 16.8. The minimum atomic E-state index is -0.443. The molecular formula is C19H22N4O. The molecule has 5 nitrogen and oxygen atoms in total. The molecular weight excluding hydrogens is 300 g/mol. The topological polar surface area (TPSA) is 66.4 Å². The van der Waals surface area contributed by atoms with Crippen molar-refractivity contribution < 1.29 is 4.79 Å². The number of benzene rings is 1. The highest BCUT2D eigenvalue weighted by molar-refractivity contribution is 6.01. The molecule has 1 amide bonds.